The molecule has 9 nitrogen and oxygen atoms in total. The van der Waals surface area contributed by atoms with Crippen LogP contribution in [0.2, 0.25) is 0 Å². The second-order valence-electron chi connectivity index (χ2n) is 10.8. The van der Waals surface area contributed by atoms with Gasteiger partial charge in [0, 0.05) is 25.7 Å². The number of amides is 1. The lowest BCUT2D eigenvalue weighted by Crippen LogP contribution is -2.35. The molecule has 1 aromatic heterocycles. The third-order valence-corrected chi connectivity index (χ3v) is 7.53. The van der Waals surface area contributed by atoms with Crippen molar-refractivity contribution < 1.29 is 33.0 Å². The van der Waals surface area contributed by atoms with E-state index in [0.717, 1.165) is 16.7 Å². The quantitative estimate of drug-likeness (QED) is 0.245. The minimum atomic E-state index is -1.36. The van der Waals surface area contributed by atoms with Crippen LogP contribution in [0.3, 0.4) is 0 Å². The van der Waals surface area contributed by atoms with Gasteiger partial charge in [0.1, 0.15) is 22.6 Å². The van der Waals surface area contributed by atoms with Crippen LogP contribution in [0.25, 0.3) is 11.1 Å². The van der Waals surface area contributed by atoms with Gasteiger partial charge < -0.3 is 30.1 Å². The molecule has 0 bridgehead atoms. The summed E-state index contributed by atoms with van der Waals surface area (Å²) in [5, 5.41) is 9.66. The third kappa shape index (κ3) is 6.38. The number of rotatable bonds is 9. The fraction of sp³-hybridized carbons (Fsp3) is 0.242. The van der Waals surface area contributed by atoms with Gasteiger partial charge in [-0.3, -0.25) is 4.79 Å². The van der Waals surface area contributed by atoms with Gasteiger partial charge in [0.05, 0.1) is 0 Å². The molecule has 1 fully saturated rings. The van der Waals surface area contributed by atoms with Gasteiger partial charge >= 0.3 is 5.97 Å². The first-order valence-electron chi connectivity index (χ1n) is 14.0. The highest BCUT2D eigenvalue weighted by molar-refractivity contribution is 5.96. The summed E-state index contributed by atoms with van der Waals surface area (Å²) in [6.45, 7) is 2.61. The molecule has 5 rings (SSSR count). The maximum Gasteiger partial charge on any atom is 0.339 e. The Kier molecular flexibility index (Phi) is 8.88. The molecule has 0 aliphatic carbocycles. The van der Waals surface area contributed by atoms with Crippen LogP contribution in [0.5, 0.6) is 23.3 Å². The van der Waals surface area contributed by atoms with Crippen LogP contribution in [0.1, 0.15) is 38.3 Å². The number of aromatic nitrogens is 1. The van der Waals surface area contributed by atoms with E-state index in [0.29, 0.717) is 25.1 Å². The summed E-state index contributed by atoms with van der Waals surface area (Å²) in [4.78, 5) is 32.7. The van der Waals surface area contributed by atoms with Gasteiger partial charge in [0.25, 0.3) is 17.7 Å². The summed E-state index contributed by atoms with van der Waals surface area (Å²) in [6.07, 6.45) is 0.628. The fourth-order valence-corrected chi connectivity index (χ4v) is 5.05. The van der Waals surface area contributed by atoms with E-state index in [1.165, 1.54) is 17.0 Å². The molecular formula is C33H32F2N4O5. The summed E-state index contributed by atoms with van der Waals surface area (Å²) in [5.41, 5.74) is 7.74. The van der Waals surface area contributed by atoms with Crippen molar-refractivity contribution in [3.8, 4) is 34.4 Å². The van der Waals surface area contributed by atoms with Gasteiger partial charge in [0.2, 0.25) is 11.6 Å². The molecule has 4 aromatic rings. The minimum Gasteiger partial charge on any atom is -0.478 e. The Morgan fingerprint density at radius 2 is 1.68 bits per heavy atom. The van der Waals surface area contributed by atoms with Crippen LogP contribution in [0, 0.1) is 18.6 Å². The number of hydrogen-bond donors (Lipinski definition) is 2. The SMILES string of the molecule is Cc1ccc(C(=O)O)c(Oc2nc(Oc3cccc(-c4cccc(CN)c4)c3)c(F)c(C(=O)N3CCC(N(C)C)C3)c2F)c1. The Hall–Kier alpha value is -4.87. The number of carbonyl (C=O) groups is 2. The molecule has 0 saturated carbocycles. The van der Waals surface area contributed by atoms with E-state index >= 15 is 8.78 Å². The number of likely N-dealkylation sites (N-methyl/N-ethyl adjacent to an activating group) is 1. The standard InChI is InChI=1S/C33H32F2N4O5/c1-19-10-11-25(33(41)42)26(14-19)44-31-29(35)27(32(40)39-13-12-23(18-39)38(2)3)28(34)30(37-31)43-24-9-5-8-22(16-24)21-7-4-6-20(15-21)17-36/h4-11,14-16,23H,12-13,17-18,36H2,1-3H3,(H,41,42). The molecule has 1 atom stereocenters. The van der Waals surface area contributed by atoms with Crippen molar-refractivity contribution in [1.29, 1.82) is 0 Å². The van der Waals surface area contributed by atoms with E-state index in [2.05, 4.69) is 4.98 Å². The van der Waals surface area contributed by atoms with E-state index in [4.69, 9.17) is 15.2 Å². The molecule has 3 N–H and O–H groups in total. The third-order valence-electron chi connectivity index (χ3n) is 7.53. The van der Waals surface area contributed by atoms with Gasteiger partial charge in [-0.15, -0.1) is 0 Å². The van der Waals surface area contributed by atoms with Crippen LogP contribution >= 0.6 is 0 Å². The van der Waals surface area contributed by atoms with Gasteiger partial charge in [-0.25, -0.2) is 4.79 Å². The maximum absolute atomic E-state index is 16.0. The second kappa shape index (κ2) is 12.8. The summed E-state index contributed by atoms with van der Waals surface area (Å²) in [6, 6.07) is 18.6. The lowest BCUT2D eigenvalue weighted by molar-refractivity contribution is 0.0692. The van der Waals surface area contributed by atoms with Gasteiger partial charge in [0.15, 0.2) is 0 Å². The summed E-state index contributed by atoms with van der Waals surface area (Å²) in [7, 11) is 3.73. The average molecular weight is 603 g/mol. The van der Waals surface area contributed by atoms with E-state index in [9.17, 15) is 14.7 Å². The molecule has 1 aliphatic heterocycles. The molecule has 0 spiro atoms. The number of likely N-dealkylation sites (tertiary alicyclic amines) is 1. The maximum atomic E-state index is 16.0. The van der Waals surface area contributed by atoms with Crippen molar-refractivity contribution in [3.63, 3.8) is 0 Å². The van der Waals surface area contributed by atoms with Crippen molar-refractivity contribution in [1.82, 2.24) is 14.8 Å². The van der Waals surface area contributed by atoms with Crippen LogP contribution < -0.4 is 15.2 Å². The van der Waals surface area contributed by atoms with Crippen molar-refractivity contribution in [2.75, 3.05) is 27.2 Å². The molecule has 0 radical (unpaired) electrons. The van der Waals surface area contributed by atoms with Crippen molar-refractivity contribution in [2.45, 2.75) is 25.9 Å². The smallest absolute Gasteiger partial charge is 0.339 e. The molecule has 1 saturated heterocycles. The van der Waals surface area contributed by atoms with Crippen LogP contribution in [0.4, 0.5) is 8.78 Å². The lowest BCUT2D eigenvalue weighted by atomic mass is 10.0. The van der Waals surface area contributed by atoms with Gasteiger partial charge in [-0.2, -0.15) is 13.8 Å². The number of aryl methyl sites for hydroxylation is 1. The monoisotopic (exact) mass is 602 g/mol. The first kappa shape index (κ1) is 30.6. The zero-order valence-electron chi connectivity index (χ0n) is 24.5. The largest absolute Gasteiger partial charge is 0.478 e. The number of carboxylic acids is 1. The first-order valence-corrected chi connectivity index (χ1v) is 14.0. The van der Waals surface area contributed by atoms with E-state index < -0.39 is 40.8 Å². The molecular weight excluding hydrogens is 570 g/mol. The number of ether oxygens (including phenoxy) is 2. The predicted octanol–water partition coefficient (Wildman–Crippen LogP) is 5.85. The highest BCUT2D eigenvalue weighted by Gasteiger charge is 2.35. The zero-order chi connectivity index (χ0) is 31.5. The number of nitrogens with zero attached hydrogens (tertiary/aromatic N) is 3. The molecule has 2 heterocycles. The Morgan fingerprint density at radius 1 is 1.00 bits per heavy atom. The van der Waals surface area contributed by atoms with E-state index in [-0.39, 0.29) is 29.6 Å². The molecule has 44 heavy (non-hydrogen) atoms. The summed E-state index contributed by atoms with van der Waals surface area (Å²) >= 11 is 0. The Bertz CT molecular complexity index is 1730. The molecule has 228 valence electrons. The Morgan fingerprint density at radius 3 is 2.34 bits per heavy atom. The average Bonchev–Trinajstić information content (AvgIpc) is 3.51. The topological polar surface area (TPSA) is 118 Å². The van der Waals surface area contributed by atoms with E-state index in [1.54, 1.807) is 31.2 Å². The fourth-order valence-electron chi connectivity index (χ4n) is 5.05. The van der Waals surface area contributed by atoms with Crippen molar-refractivity contribution >= 4 is 11.9 Å². The number of aromatic carboxylic acids is 1. The number of carbonyl (C=O) groups excluding carboxylic acids is 1. The van der Waals surface area contributed by atoms with Crippen LogP contribution in [-0.2, 0) is 6.54 Å². The molecule has 11 heteroatoms. The second-order valence-corrected chi connectivity index (χ2v) is 10.8. The van der Waals surface area contributed by atoms with Crippen LogP contribution in [-0.4, -0.2) is 65.0 Å². The number of halogens is 2. The number of pyridine rings is 1. The molecule has 1 amide bonds. The van der Waals surface area contributed by atoms with Gasteiger partial charge in [-0.05, 0) is 80.0 Å². The van der Waals surface area contributed by atoms with Crippen molar-refractivity contribution in [3.05, 3.63) is 101 Å². The summed E-state index contributed by atoms with van der Waals surface area (Å²) in [5.74, 6) is -6.44. The number of hydrogen-bond acceptors (Lipinski definition) is 7. The molecule has 1 unspecified atom stereocenters. The van der Waals surface area contributed by atoms with Crippen LogP contribution in [0.15, 0.2) is 66.7 Å². The number of benzene rings is 3. The highest BCUT2D eigenvalue weighted by atomic mass is 19.1. The minimum absolute atomic E-state index is 0.0179. The molecule has 3 aromatic carbocycles. The van der Waals surface area contributed by atoms with Crippen molar-refractivity contribution in [2.24, 2.45) is 5.73 Å². The Balaban J connectivity index is 1.58. The Labute approximate surface area is 253 Å². The first-order chi connectivity index (χ1) is 21.0. The van der Waals surface area contributed by atoms with Gasteiger partial charge in [-0.1, -0.05) is 36.4 Å². The normalized spacial score (nSPS) is 14.6. The number of nitrogens with two attached hydrogens (primary N) is 1. The zero-order valence-corrected chi connectivity index (χ0v) is 24.5. The molecule has 1 aliphatic rings. The lowest BCUT2D eigenvalue weighted by Gasteiger charge is -2.21. The summed E-state index contributed by atoms with van der Waals surface area (Å²) < 4.78 is 43.5. The highest BCUT2D eigenvalue weighted by Crippen LogP contribution is 2.36. The van der Waals surface area contributed by atoms with E-state index in [1.807, 2.05) is 49.3 Å². The number of carboxylic acid groups (broad SMARTS) is 1. The predicted molar refractivity (Wildman–Crippen MR) is 160 cm³/mol.